The first kappa shape index (κ1) is 16.5. The highest BCUT2D eigenvalue weighted by molar-refractivity contribution is 5.96. The molecule has 1 aromatic heterocycles. The average molecular weight is 348 g/mol. The van der Waals surface area contributed by atoms with E-state index >= 15 is 0 Å². The predicted octanol–water partition coefficient (Wildman–Crippen LogP) is 2.57. The fourth-order valence-electron chi connectivity index (χ4n) is 2.15. The third-order valence-electron chi connectivity index (χ3n) is 3.37. The molecule has 0 aliphatic heterocycles. The lowest BCUT2D eigenvalue weighted by atomic mass is 10.1. The van der Waals surface area contributed by atoms with Crippen LogP contribution in [-0.4, -0.2) is 21.3 Å². The van der Waals surface area contributed by atoms with Gasteiger partial charge in [-0.3, -0.25) is 4.79 Å². The molecule has 25 heavy (non-hydrogen) atoms. The molecule has 3 N–H and O–H groups in total. The number of ether oxygens (including phenoxy) is 1. The molecule has 9 heteroatoms. The van der Waals surface area contributed by atoms with Crippen molar-refractivity contribution in [2.45, 2.75) is 6.61 Å². The zero-order valence-electron chi connectivity index (χ0n) is 12.6. The number of halogens is 3. The Kier molecular flexibility index (Phi) is 4.38. The van der Waals surface area contributed by atoms with Crippen molar-refractivity contribution in [1.82, 2.24) is 15.4 Å². The number of aromatic amines is 1. The Morgan fingerprint density at radius 2 is 1.72 bits per heavy atom. The van der Waals surface area contributed by atoms with E-state index in [1.54, 1.807) is 24.3 Å². The highest BCUT2D eigenvalue weighted by atomic mass is 19.2. The Labute approximate surface area is 139 Å². The summed E-state index contributed by atoms with van der Waals surface area (Å²) in [5, 5.41) is 9.88. The SMILES string of the molecule is NC(=O)c1n[nH]nc1-c1ccc(COc2cc(F)c(F)c(F)c2)cc1. The summed E-state index contributed by atoms with van der Waals surface area (Å²) in [6, 6.07) is 8.20. The molecule has 6 nitrogen and oxygen atoms in total. The highest BCUT2D eigenvalue weighted by Gasteiger charge is 2.15. The van der Waals surface area contributed by atoms with Gasteiger partial charge in [-0.1, -0.05) is 24.3 Å². The van der Waals surface area contributed by atoms with Crippen molar-refractivity contribution in [3.63, 3.8) is 0 Å². The number of nitrogens with zero attached hydrogens (tertiary/aromatic N) is 2. The first-order valence-electron chi connectivity index (χ1n) is 7.03. The molecule has 0 saturated heterocycles. The summed E-state index contributed by atoms with van der Waals surface area (Å²) in [5.41, 5.74) is 6.81. The number of nitrogens with one attached hydrogen (secondary N) is 1. The zero-order chi connectivity index (χ0) is 18.0. The molecule has 0 bridgehead atoms. The van der Waals surface area contributed by atoms with Crippen molar-refractivity contribution in [3.05, 3.63) is 65.1 Å². The van der Waals surface area contributed by atoms with Gasteiger partial charge < -0.3 is 10.5 Å². The van der Waals surface area contributed by atoms with Gasteiger partial charge in [0, 0.05) is 17.7 Å². The van der Waals surface area contributed by atoms with Crippen molar-refractivity contribution in [1.29, 1.82) is 0 Å². The summed E-state index contributed by atoms with van der Waals surface area (Å²) < 4.78 is 44.4. The summed E-state index contributed by atoms with van der Waals surface area (Å²) in [7, 11) is 0. The van der Waals surface area contributed by atoms with E-state index in [2.05, 4.69) is 15.4 Å². The van der Waals surface area contributed by atoms with Gasteiger partial charge in [0.1, 0.15) is 18.1 Å². The van der Waals surface area contributed by atoms with Crippen LogP contribution in [0.3, 0.4) is 0 Å². The van der Waals surface area contributed by atoms with E-state index in [0.29, 0.717) is 16.8 Å². The maximum Gasteiger partial charge on any atom is 0.271 e. The smallest absolute Gasteiger partial charge is 0.271 e. The molecule has 0 radical (unpaired) electrons. The lowest BCUT2D eigenvalue weighted by Gasteiger charge is -2.08. The Balaban J connectivity index is 1.73. The summed E-state index contributed by atoms with van der Waals surface area (Å²) >= 11 is 0. The molecule has 0 atom stereocenters. The second-order valence-corrected chi connectivity index (χ2v) is 5.07. The van der Waals surface area contributed by atoms with Gasteiger partial charge in [0.25, 0.3) is 5.91 Å². The lowest BCUT2D eigenvalue weighted by Crippen LogP contribution is -2.12. The van der Waals surface area contributed by atoms with Crippen LogP contribution >= 0.6 is 0 Å². The van der Waals surface area contributed by atoms with Gasteiger partial charge in [0.15, 0.2) is 23.1 Å². The number of primary amides is 1. The van der Waals surface area contributed by atoms with Crippen LogP contribution in [0.15, 0.2) is 36.4 Å². The number of rotatable bonds is 5. The van der Waals surface area contributed by atoms with Gasteiger partial charge >= 0.3 is 0 Å². The lowest BCUT2D eigenvalue weighted by molar-refractivity contribution is 0.0996. The molecule has 0 unspecified atom stereocenters. The molecular formula is C16H11F3N4O2. The number of carbonyl (C=O) groups excluding carboxylic acids is 1. The summed E-state index contributed by atoms with van der Waals surface area (Å²) in [6.45, 7) is 0.00623. The van der Waals surface area contributed by atoms with E-state index in [9.17, 15) is 18.0 Å². The molecular weight excluding hydrogens is 337 g/mol. The highest BCUT2D eigenvalue weighted by Crippen LogP contribution is 2.22. The fourth-order valence-corrected chi connectivity index (χ4v) is 2.15. The van der Waals surface area contributed by atoms with E-state index in [-0.39, 0.29) is 18.1 Å². The molecule has 1 heterocycles. The largest absolute Gasteiger partial charge is 0.489 e. The molecule has 0 aliphatic carbocycles. The Hall–Kier alpha value is -3.36. The van der Waals surface area contributed by atoms with Crippen molar-refractivity contribution in [3.8, 4) is 17.0 Å². The predicted molar refractivity (Wildman–Crippen MR) is 81.0 cm³/mol. The standard InChI is InChI=1S/C16H11F3N4O2/c17-11-5-10(6-12(18)13(11)19)25-7-8-1-3-9(4-2-8)14-15(16(20)24)22-23-21-14/h1-6H,7H2,(H2,20,24)(H,21,22,23). The molecule has 3 rings (SSSR count). The molecule has 128 valence electrons. The van der Waals surface area contributed by atoms with Crippen LogP contribution in [0.25, 0.3) is 11.3 Å². The first-order valence-corrected chi connectivity index (χ1v) is 7.03. The van der Waals surface area contributed by atoms with Crippen LogP contribution in [0.5, 0.6) is 5.75 Å². The van der Waals surface area contributed by atoms with Crippen LogP contribution in [0, 0.1) is 17.5 Å². The Morgan fingerprint density at radius 1 is 1.08 bits per heavy atom. The second-order valence-electron chi connectivity index (χ2n) is 5.07. The minimum Gasteiger partial charge on any atom is -0.489 e. The summed E-state index contributed by atoms with van der Waals surface area (Å²) in [6.07, 6.45) is 0. The monoisotopic (exact) mass is 348 g/mol. The number of hydrogen-bond donors (Lipinski definition) is 2. The van der Waals surface area contributed by atoms with E-state index < -0.39 is 23.4 Å². The maximum atomic E-state index is 13.1. The molecule has 0 spiro atoms. The maximum absolute atomic E-state index is 13.1. The molecule has 3 aromatic rings. The number of hydrogen-bond acceptors (Lipinski definition) is 4. The molecule has 0 fully saturated rings. The van der Waals surface area contributed by atoms with Gasteiger partial charge in [0.2, 0.25) is 0 Å². The van der Waals surface area contributed by atoms with Gasteiger partial charge in [-0.2, -0.15) is 15.4 Å². The second kappa shape index (κ2) is 6.63. The molecule has 1 amide bonds. The van der Waals surface area contributed by atoms with E-state index in [4.69, 9.17) is 10.5 Å². The van der Waals surface area contributed by atoms with Crippen LogP contribution in [0.2, 0.25) is 0 Å². The fraction of sp³-hybridized carbons (Fsp3) is 0.0625. The Bertz CT molecular complexity index is 902. The summed E-state index contributed by atoms with van der Waals surface area (Å²) in [4.78, 5) is 11.3. The number of H-pyrrole nitrogens is 1. The molecule has 0 saturated carbocycles. The number of amides is 1. The third-order valence-corrected chi connectivity index (χ3v) is 3.37. The molecule has 0 aliphatic rings. The van der Waals surface area contributed by atoms with Crippen LogP contribution in [0.1, 0.15) is 16.1 Å². The number of benzene rings is 2. The first-order chi connectivity index (χ1) is 12.0. The van der Waals surface area contributed by atoms with E-state index in [0.717, 1.165) is 12.1 Å². The normalized spacial score (nSPS) is 10.7. The zero-order valence-corrected chi connectivity index (χ0v) is 12.6. The van der Waals surface area contributed by atoms with Crippen LogP contribution in [-0.2, 0) is 6.61 Å². The number of nitrogens with two attached hydrogens (primary N) is 1. The van der Waals surface area contributed by atoms with Gasteiger partial charge in [-0.15, -0.1) is 0 Å². The van der Waals surface area contributed by atoms with Gasteiger partial charge in [-0.05, 0) is 5.56 Å². The van der Waals surface area contributed by atoms with E-state index in [1.807, 2.05) is 0 Å². The minimum absolute atomic E-state index is 0.00623. The average Bonchev–Trinajstić information content (AvgIpc) is 3.08. The number of carbonyl (C=O) groups is 1. The van der Waals surface area contributed by atoms with E-state index in [1.165, 1.54) is 0 Å². The summed E-state index contributed by atoms with van der Waals surface area (Å²) in [5.74, 6) is -5.04. The molecule has 2 aromatic carbocycles. The minimum atomic E-state index is -1.55. The number of aromatic nitrogens is 3. The van der Waals surface area contributed by atoms with Crippen molar-refractivity contribution in [2.24, 2.45) is 5.73 Å². The Morgan fingerprint density at radius 3 is 2.32 bits per heavy atom. The van der Waals surface area contributed by atoms with Gasteiger partial charge in [-0.25, -0.2) is 13.2 Å². The van der Waals surface area contributed by atoms with Crippen LogP contribution < -0.4 is 10.5 Å². The van der Waals surface area contributed by atoms with Crippen molar-refractivity contribution in [2.75, 3.05) is 0 Å². The van der Waals surface area contributed by atoms with Crippen LogP contribution in [0.4, 0.5) is 13.2 Å². The van der Waals surface area contributed by atoms with Crippen molar-refractivity contribution >= 4 is 5.91 Å². The topological polar surface area (TPSA) is 93.9 Å². The quantitative estimate of drug-likeness (QED) is 0.693. The van der Waals surface area contributed by atoms with Crippen molar-refractivity contribution < 1.29 is 22.7 Å². The third kappa shape index (κ3) is 3.44. The van der Waals surface area contributed by atoms with Gasteiger partial charge in [0.05, 0.1) is 0 Å².